The van der Waals surface area contributed by atoms with E-state index in [9.17, 15) is 14.4 Å². The fourth-order valence-electron chi connectivity index (χ4n) is 3.82. The van der Waals surface area contributed by atoms with Crippen molar-refractivity contribution >= 4 is 23.6 Å². The highest BCUT2D eigenvalue weighted by Gasteiger charge is 2.50. The van der Waals surface area contributed by atoms with Gasteiger partial charge in [0.05, 0.1) is 20.3 Å². The van der Waals surface area contributed by atoms with E-state index in [0.717, 1.165) is 12.0 Å². The van der Waals surface area contributed by atoms with Gasteiger partial charge in [-0.15, -0.1) is 0 Å². The Labute approximate surface area is 165 Å². The van der Waals surface area contributed by atoms with Crippen LogP contribution < -0.4 is 5.32 Å². The smallest absolute Gasteiger partial charge is 0.328 e. The van der Waals surface area contributed by atoms with Gasteiger partial charge in [-0.05, 0) is 38.2 Å². The lowest BCUT2D eigenvalue weighted by Crippen LogP contribution is -2.48. The van der Waals surface area contributed by atoms with E-state index in [-0.39, 0.29) is 18.4 Å². The molecular formula is C21H28N2O5. The molecule has 1 aromatic rings. The fourth-order valence-corrected chi connectivity index (χ4v) is 3.82. The summed E-state index contributed by atoms with van der Waals surface area (Å²) in [7, 11) is 2.58. The van der Waals surface area contributed by atoms with E-state index in [2.05, 4.69) is 5.32 Å². The third-order valence-corrected chi connectivity index (χ3v) is 5.19. The van der Waals surface area contributed by atoms with Crippen LogP contribution in [0.25, 0.3) is 0 Å². The Balaban J connectivity index is 2.41. The zero-order chi connectivity index (χ0) is 20.7. The second-order valence-corrected chi connectivity index (χ2v) is 7.07. The molecule has 1 aliphatic carbocycles. The van der Waals surface area contributed by atoms with Gasteiger partial charge in [-0.25, -0.2) is 4.79 Å². The highest BCUT2D eigenvalue weighted by Crippen LogP contribution is 2.42. The van der Waals surface area contributed by atoms with Gasteiger partial charge in [0.25, 0.3) is 0 Å². The summed E-state index contributed by atoms with van der Waals surface area (Å²) in [6.45, 7) is 3.29. The van der Waals surface area contributed by atoms with Gasteiger partial charge in [-0.1, -0.05) is 30.3 Å². The molecule has 1 aromatic carbocycles. The average molecular weight is 388 g/mol. The molecule has 1 aliphatic rings. The summed E-state index contributed by atoms with van der Waals surface area (Å²) in [4.78, 5) is 41.4. The quantitative estimate of drug-likeness (QED) is 0.725. The maximum atomic E-state index is 12.8. The number of carbonyl (C=O) groups excluding carboxylic acids is 3. The molecule has 7 nitrogen and oxygen atoms in total. The average Bonchev–Trinajstić information content (AvgIpc) is 3.09. The summed E-state index contributed by atoms with van der Waals surface area (Å²) < 4.78 is 9.91. The van der Waals surface area contributed by atoms with Crippen molar-refractivity contribution in [1.82, 2.24) is 5.32 Å². The number of esters is 2. The van der Waals surface area contributed by atoms with Crippen LogP contribution in [-0.4, -0.2) is 43.8 Å². The number of nitrogens with one attached hydrogen (secondary N) is 1. The zero-order valence-corrected chi connectivity index (χ0v) is 16.9. The van der Waals surface area contributed by atoms with E-state index in [0.29, 0.717) is 18.6 Å². The third-order valence-electron chi connectivity index (χ3n) is 5.19. The lowest BCUT2D eigenvalue weighted by atomic mass is 9.78. The van der Waals surface area contributed by atoms with Gasteiger partial charge in [0, 0.05) is 12.6 Å². The molecule has 7 heteroatoms. The largest absolute Gasteiger partial charge is 0.468 e. The van der Waals surface area contributed by atoms with Gasteiger partial charge < -0.3 is 14.8 Å². The number of amides is 1. The third kappa shape index (κ3) is 4.77. The number of nitrogens with zero attached hydrogens (tertiary/aromatic N) is 1. The molecule has 1 fully saturated rings. The van der Waals surface area contributed by atoms with Crippen LogP contribution in [0.15, 0.2) is 35.3 Å². The van der Waals surface area contributed by atoms with Gasteiger partial charge >= 0.3 is 11.9 Å². The highest BCUT2D eigenvalue weighted by atomic mass is 16.5. The minimum absolute atomic E-state index is 0.0618. The van der Waals surface area contributed by atoms with Gasteiger partial charge in [0.1, 0.15) is 11.5 Å². The van der Waals surface area contributed by atoms with E-state index in [4.69, 9.17) is 14.5 Å². The zero-order valence-electron chi connectivity index (χ0n) is 16.9. The SMILES string of the molecule is COC(=O)C(C[C@@]1(C(=O)OC)CCCC1=NC(C)c1ccccc1)NC(C)=O. The number of ether oxygens (including phenoxy) is 2. The molecule has 1 N–H and O–H groups in total. The number of hydrogen-bond acceptors (Lipinski definition) is 6. The Morgan fingerprint density at radius 1 is 1.18 bits per heavy atom. The second kappa shape index (κ2) is 9.48. The minimum Gasteiger partial charge on any atom is -0.468 e. The maximum Gasteiger partial charge on any atom is 0.328 e. The molecule has 28 heavy (non-hydrogen) atoms. The number of hydrogen-bond donors (Lipinski definition) is 1. The van der Waals surface area contributed by atoms with Crippen molar-refractivity contribution in [2.24, 2.45) is 10.4 Å². The number of rotatable bonds is 7. The summed E-state index contributed by atoms with van der Waals surface area (Å²) in [6, 6.07) is 8.70. The van der Waals surface area contributed by atoms with Crippen LogP contribution >= 0.6 is 0 Å². The number of carbonyl (C=O) groups is 3. The lowest BCUT2D eigenvalue weighted by Gasteiger charge is -2.31. The molecule has 1 amide bonds. The summed E-state index contributed by atoms with van der Waals surface area (Å²) in [5.41, 5.74) is 0.682. The molecular weight excluding hydrogens is 360 g/mol. The molecule has 0 aliphatic heterocycles. The van der Waals surface area contributed by atoms with Crippen molar-refractivity contribution in [3.05, 3.63) is 35.9 Å². The molecule has 0 saturated heterocycles. The van der Waals surface area contributed by atoms with E-state index < -0.39 is 23.4 Å². The van der Waals surface area contributed by atoms with E-state index in [1.165, 1.54) is 21.1 Å². The van der Waals surface area contributed by atoms with Crippen LogP contribution in [0.3, 0.4) is 0 Å². The Kier molecular flexibility index (Phi) is 7.31. The molecule has 152 valence electrons. The van der Waals surface area contributed by atoms with Crippen molar-refractivity contribution in [2.45, 2.75) is 51.6 Å². The van der Waals surface area contributed by atoms with Gasteiger partial charge in [0.15, 0.2) is 0 Å². The summed E-state index contributed by atoms with van der Waals surface area (Å²) in [5, 5.41) is 2.59. The van der Waals surface area contributed by atoms with Crippen molar-refractivity contribution in [3.63, 3.8) is 0 Å². The van der Waals surface area contributed by atoms with Crippen LogP contribution in [-0.2, 0) is 23.9 Å². The molecule has 2 unspecified atom stereocenters. The predicted molar refractivity (Wildman–Crippen MR) is 105 cm³/mol. The van der Waals surface area contributed by atoms with Crippen LogP contribution in [0.5, 0.6) is 0 Å². The number of aliphatic imine (C=N–C) groups is 1. The first-order valence-corrected chi connectivity index (χ1v) is 9.39. The lowest BCUT2D eigenvalue weighted by molar-refractivity contribution is -0.152. The van der Waals surface area contributed by atoms with Crippen molar-refractivity contribution in [2.75, 3.05) is 14.2 Å². The van der Waals surface area contributed by atoms with Crippen molar-refractivity contribution in [1.29, 1.82) is 0 Å². The Morgan fingerprint density at radius 2 is 1.86 bits per heavy atom. The normalized spacial score (nSPS) is 22.4. The number of benzene rings is 1. The van der Waals surface area contributed by atoms with Crippen LogP contribution in [0.4, 0.5) is 0 Å². The second-order valence-electron chi connectivity index (χ2n) is 7.07. The Morgan fingerprint density at radius 3 is 2.43 bits per heavy atom. The van der Waals surface area contributed by atoms with E-state index in [1.807, 2.05) is 37.3 Å². The Bertz CT molecular complexity index is 746. The predicted octanol–water partition coefficient (Wildman–Crippen LogP) is 2.60. The molecule has 0 bridgehead atoms. The number of methoxy groups -OCH3 is 2. The van der Waals surface area contributed by atoms with Crippen molar-refractivity contribution < 1.29 is 23.9 Å². The molecule has 0 aromatic heterocycles. The summed E-state index contributed by atoms with van der Waals surface area (Å²) >= 11 is 0. The maximum absolute atomic E-state index is 12.8. The molecule has 3 atom stereocenters. The highest BCUT2D eigenvalue weighted by molar-refractivity contribution is 6.08. The first-order chi connectivity index (χ1) is 13.3. The monoisotopic (exact) mass is 388 g/mol. The summed E-state index contributed by atoms with van der Waals surface area (Å²) in [6.07, 6.45) is 1.96. The Hall–Kier alpha value is -2.70. The van der Waals surface area contributed by atoms with Crippen molar-refractivity contribution in [3.8, 4) is 0 Å². The summed E-state index contributed by atoms with van der Waals surface area (Å²) in [5.74, 6) is -1.41. The van der Waals surface area contributed by atoms with E-state index in [1.54, 1.807) is 0 Å². The van der Waals surface area contributed by atoms with Gasteiger partial charge in [-0.3, -0.25) is 14.6 Å². The minimum atomic E-state index is -1.06. The topological polar surface area (TPSA) is 94.1 Å². The molecule has 2 rings (SSSR count). The first-order valence-electron chi connectivity index (χ1n) is 9.39. The van der Waals surface area contributed by atoms with Gasteiger partial charge in [0.2, 0.25) is 5.91 Å². The molecule has 1 saturated carbocycles. The molecule has 0 radical (unpaired) electrons. The standard InChI is InChI=1S/C21H28N2O5/c1-14(16-9-6-5-7-10-16)22-18-11-8-12-21(18,20(26)28-4)13-17(19(25)27-3)23-15(2)24/h5-7,9-10,14,17H,8,11-13H2,1-4H3,(H,23,24)/t14?,17?,21-/m0/s1. The molecule has 0 heterocycles. The molecule has 0 spiro atoms. The van der Waals surface area contributed by atoms with Crippen LogP contribution in [0.1, 0.15) is 51.1 Å². The van der Waals surface area contributed by atoms with E-state index >= 15 is 0 Å². The van der Waals surface area contributed by atoms with Crippen LogP contribution in [0, 0.1) is 5.41 Å². The van der Waals surface area contributed by atoms with Gasteiger partial charge in [-0.2, -0.15) is 0 Å². The fraction of sp³-hybridized carbons (Fsp3) is 0.524. The van der Waals surface area contributed by atoms with Crippen LogP contribution in [0.2, 0.25) is 0 Å². The first kappa shape index (κ1) is 21.6.